The fourth-order valence-electron chi connectivity index (χ4n) is 1.33. The average Bonchev–Trinajstić information content (AvgIpc) is 2.63. The molecule has 0 atom stereocenters. The van der Waals surface area contributed by atoms with E-state index in [0.717, 1.165) is 20.7 Å². The summed E-state index contributed by atoms with van der Waals surface area (Å²) < 4.78 is 6.61. The Kier molecular flexibility index (Phi) is 2.91. The van der Waals surface area contributed by atoms with E-state index in [1.54, 1.807) is 11.3 Å². The zero-order valence-corrected chi connectivity index (χ0v) is 10.0. The van der Waals surface area contributed by atoms with Crippen LogP contribution in [0.1, 0.15) is 6.92 Å². The van der Waals surface area contributed by atoms with Crippen LogP contribution < -0.4 is 4.74 Å². The first-order chi connectivity index (χ1) is 6.74. The summed E-state index contributed by atoms with van der Waals surface area (Å²) >= 11 is 12.1. The second-order valence-corrected chi connectivity index (χ2v) is 4.58. The molecule has 1 heterocycles. The van der Waals surface area contributed by atoms with Gasteiger partial charge in [-0.15, -0.1) is 24.0 Å². The van der Waals surface area contributed by atoms with Crippen LogP contribution in [0.3, 0.4) is 0 Å². The fraction of sp³-hybridized carbons (Fsp3) is 0.200. The first-order valence-electron chi connectivity index (χ1n) is 4.25. The number of ether oxygens (including phenoxy) is 1. The molecule has 1 aromatic carbocycles. The molecule has 0 aliphatic rings. The van der Waals surface area contributed by atoms with Crippen LogP contribution in [0.4, 0.5) is 0 Å². The molecule has 0 fully saturated rings. The van der Waals surface area contributed by atoms with Gasteiger partial charge in [-0.2, -0.15) is 0 Å². The number of halogens is 1. The molecule has 0 spiro atoms. The normalized spacial score (nSPS) is 10.8. The fourth-order valence-corrected chi connectivity index (χ4v) is 2.70. The summed E-state index contributed by atoms with van der Waals surface area (Å²) in [4.78, 5) is 0.765. The van der Waals surface area contributed by atoms with Gasteiger partial charge in [-0.05, 0) is 24.4 Å². The molecular formula is C10H9ClOS2. The molecule has 14 heavy (non-hydrogen) atoms. The molecule has 2 aromatic rings. The van der Waals surface area contributed by atoms with Crippen molar-refractivity contribution in [2.45, 2.75) is 11.8 Å². The molecule has 74 valence electrons. The highest BCUT2D eigenvalue weighted by Gasteiger charge is 2.10. The van der Waals surface area contributed by atoms with Crippen LogP contribution in [0.5, 0.6) is 5.75 Å². The number of fused-ring (bicyclic) bond motifs is 1. The van der Waals surface area contributed by atoms with Gasteiger partial charge < -0.3 is 4.74 Å². The van der Waals surface area contributed by atoms with Gasteiger partial charge in [0.25, 0.3) is 0 Å². The third-order valence-electron chi connectivity index (χ3n) is 1.92. The lowest BCUT2D eigenvalue weighted by molar-refractivity contribution is 0.344. The van der Waals surface area contributed by atoms with Crippen molar-refractivity contribution >= 4 is 45.7 Å². The lowest BCUT2D eigenvalue weighted by atomic mass is 10.2. The third-order valence-corrected chi connectivity index (χ3v) is 3.74. The van der Waals surface area contributed by atoms with E-state index >= 15 is 0 Å². The van der Waals surface area contributed by atoms with Gasteiger partial charge in [-0.1, -0.05) is 11.6 Å². The van der Waals surface area contributed by atoms with E-state index in [9.17, 15) is 0 Å². The van der Waals surface area contributed by atoms with Gasteiger partial charge in [0.2, 0.25) is 0 Å². The number of rotatable bonds is 2. The van der Waals surface area contributed by atoms with Crippen molar-refractivity contribution in [1.29, 1.82) is 0 Å². The number of hydrogen-bond acceptors (Lipinski definition) is 3. The highest BCUT2D eigenvalue weighted by atomic mass is 35.5. The number of benzene rings is 1. The predicted molar refractivity (Wildman–Crippen MR) is 65.3 cm³/mol. The summed E-state index contributed by atoms with van der Waals surface area (Å²) in [6, 6.07) is 3.86. The van der Waals surface area contributed by atoms with Crippen LogP contribution in [0.2, 0.25) is 5.02 Å². The molecule has 0 aliphatic carbocycles. The molecule has 0 saturated heterocycles. The van der Waals surface area contributed by atoms with Gasteiger partial charge in [0, 0.05) is 10.3 Å². The van der Waals surface area contributed by atoms with E-state index < -0.39 is 0 Å². The number of thiophene rings is 1. The van der Waals surface area contributed by atoms with Gasteiger partial charge in [-0.3, -0.25) is 0 Å². The maximum absolute atomic E-state index is 6.11. The smallest absolute Gasteiger partial charge is 0.138 e. The Balaban J connectivity index is 2.71. The van der Waals surface area contributed by atoms with E-state index in [1.165, 1.54) is 0 Å². The van der Waals surface area contributed by atoms with Crippen LogP contribution in [0.25, 0.3) is 10.1 Å². The summed E-state index contributed by atoms with van der Waals surface area (Å²) in [5, 5.41) is 3.73. The predicted octanol–water partition coefficient (Wildman–Crippen LogP) is 4.24. The molecule has 0 unspecified atom stereocenters. The quantitative estimate of drug-likeness (QED) is 0.778. The van der Waals surface area contributed by atoms with Gasteiger partial charge in [-0.25, -0.2) is 0 Å². The zero-order chi connectivity index (χ0) is 10.1. The SMILES string of the molecule is CCOc1cc(S)c(Cl)c2ccsc12. The Morgan fingerprint density at radius 3 is 3.07 bits per heavy atom. The van der Waals surface area contributed by atoms with Crippen molar-refractivity contribution in [1.82, 2.24) is 0 Å². The topological polar surface area (TPSA) is 9.23 Å². The molecule has 4 heteroatoms. The van der Waals surface area contributed by atoms with Crippen LogP contribution >= 0.6 is 35.6 Å². The van der Waals surface area contributed by atoms with Crippen molar-refractivity contribution in [3.8, 4) is 5.75 Å². The maximum atomic E-state index is 6.11. The molecule has 0 bridgehead atoms. The van der Waals surface area contributed by atoms with Gasteiger partial charge in [0.15, 0.2) is 0 Å². The van der Waals surface area contributed by atoms with Crippen LogP contribution in [0.15, 0.2) is 22.4 Å². The molecular weight excluding hydrogens is 236 g/mol. The van der Waals surface area contributed by atoms with Gasteiger partial charge >= 0.3 is 0 Å². The Morgan fingerprint density at radius 2 is 2.36 bits per heavy atom. The van der Waals surface area contributed by atoms with Crippen molar-refractivity contribution in [3.63, 3.8) is 0 Å². The summed E-state index contributed by atoms with van der Waals surface area (Å²) in [5.74, 6) is 0.868. The average molecular weight is 245 g/mol. The van der Waals surface area contributed by atoms with Crippen molar-refractivity contribution in [2.24, 2.45) is 0 Å². The summed E-state index contributed by atoms with van der Waals surface area (Å²) in [7, 11) is 0. The van der Waals surface area contributed by atoms with Crippen LogP contribution in [-0.4, -0.2) is 6.61 Å². The molecule has 1 nitrogen and oxygen atoms in total. The van der Waals surface area contributed by atoms with E-state index in [2.05, 4.69) is 12.6 Å². The second-order valence-electron chi connectivity index (χ2n) is 2.80. The van der Waals surface area contributed by atoms with Gasteiger partial charge in [0.05, 0.1) is 16.3 Å². The lowest BCUT2D eigenvalue weighted by Crippen LogP contribution is -1.91. The third kappa shape index (κ3) is 1.60. The lowest BCUT2D eigenvalue weighted by Gasteiger charge is -2.07. The largest absolute Gasteiger partial charge is 0.492 e. The Bertz CT molecular complexity index is 464. The Hall–Kier alpha value is -0.380. The number of thiol groups is 1. The number of hydrogen-bond donors (Lipinski definition) is 1. The minimum Gasteiger partial charge on any atom is -0.492 e. The zero-order valence-electron chi connectivity index (χ0n) is 7.58. The molecule has 1 aromatic heterocycles. The minimum absolute atomic E-state index is 0.655. The molecule has 0 N–H and O–H groups in total. The van der Waals surface area contributed by atoms with Crippen molar-refractivity contribution in [2.75, 3.05) is 6.61 Å². The monoisotopic (exact) mass is 244 g/mol. The van der Waals surface area contributed by atoms with Crippen LogP contribution in [-0.2, 0) is 0 Å². The summed E-state index contributed by atoms with van der Waals surface area (Å²) in [6.45, 7) is 2.62. The molecule has 0 radical (unpaired) electrons. The van der Waals surface area contributed by atoms with Crippen LogP contribution in [0, 0.1) is 0 Å². The Labute approximate surface area is 97.1 Å². The molecule has 0 aliphatic heterocycles. The van der Waals surface area contributed by atoms with E-state index in [0.29, 0.717) is 11.6 Å². The standard InChI is InChI=1S/C10H9ClOS2/c1-2-12-7-5-8(13)9(11)6-3-4-14-10(6)7/h3-5,13H,2H2,1H3. The summed E-state index contributed by atoms with van der Waals surface area (Å²) in [5.41, 5.74) is 0. The van der Waals surface area contributed by atoms with E-state index in [-0.39, 0.29) is 0 Å². The highest BCUT2D eigenvalue weighted by Crippen LogP contribution is 2.39. The molecule has 2 rings (SSSR count). The first-order valence-corrected chi connectivity index (χ1v) is 5.96. The second kappa shape index (κ2) is 4.01. The summed E-state index contributed by atoms with van der Waals surface area (Å²) in [6.07, 6.45) is 0. The van der Waals surface area contributed by atoms with Gasteiger partial charge in [0.1, 0.15) is 5.75 Å². The minimum atomic E-state index is 0.655. The van der Waals surface area contributed by atoms with Crippen molar-refractivity contribution < 1.29 is 4.74 Å². The van der Waals surface area contributed by atoms with Crippen molar-refractivity contribution in [3.05, 3.63) is 22.5 Å². The molecule has 0 saturated carbocycles. The highest BCUT2D eigenvalue weighted by molar-refractivity contribution is 7.80. The molecule has 0 amide bonds. The Morgan fingerprint density at radius 1 is 1.57 bits per heavy atom. The maximum Gasteiger partial charge on any atom is 0.138 e. The van der Waals surface area contributed by atoms with E-state index in [4.69, 9.17) is 16.3 Å². The van der Waals surface area contributed by atoms with E-state index in [1.807, 2.05) is 24.4 Å². The first kappa shape index (κ1) is 10.1.